The second-order valence-electron chi connectivity index (χ2n) is 6.79. The van der Waals surface area contributed by atoms with Gasteiger partial charge in [0.05, 0.1) is 11.6 Å². The number of aromatic nitrogens is 2. The highest BCUT2D eigenvalue weighted by Crippen LogP contribution is 2.21. The van der Waals surface area contributed by atoms with E-state index in [1.165, 1.54) is 5.56 Å². The Morgan fingerprint density at radius 1 is 1.10 bits per heavy atom. The molecule has 3 rings (SSSR count). The van der Waals surface area contributed by atoms with E-state index in [4.69, 9.17) is 19.3 Å². The molecule has 1 aromatic heterocycles. The molecule has 2 aromatic carbocycles. The molecule has 0 bridgehead atoms. The standard InChI is InChI=1S/C22H21N3O4/c1-14(2)17-6-8-18(9-7-17)21-24-20(29-25-21)13-27-22(26)15(3)28-19-10-4-16(12-23)5-11-19/h4-11,14-15H,13H2,1-3H3. The van der Waals surface area contributed by atoms with Crippen LogP contribution in [0.2, 0.25) is 0 Å². The zero-order valence-electron chi connectivity index (χ0n) is 16.5. The van der Waals surface area contributed by atoms with Gasteiger partial charge in [0.25, 0.3) is 5.89 Å². The van der Waals surface area contributed by atoms with Crippen LogP contribution in [0.25, 0.3) is 11.4 Å². The van der Waals surface area contributed by atoms with E-state index in [2.05, 4.69) is 24.0 Å². The largest absolute Gasteiger partial charge is 0.479 e. The molecule has 0 aliphatic rings. The first kappa shape index (κ1) is 20.1. The molecule has 7 heteroatoms. The number of hydrogen-bond acceptors (Lipinski definition) is 7. The molecular weight excluding hydrogens is 370 g/mol. The summed E-state index contributed by atoms with van der Waals surface area (Å²) in [7, 11) is 0. The molecule has 0 saturated heterocycles. The van der Waals surface area contributed by atoms with Crippen LogP contribution in [0.1, 0.15) is 43.7 Å². The SMILES string of the molecule is CC(Oc1ccc(C#N)cc1)C(=O)OCc1nc(-c2ccc(C(C)C)cc2)no1. The molecule has 1 heterocycles. The molecule has 29 heavy (non-hydrogen) atoms. The predicted molar refractivity (Wildman–Crippen MR) is 105 cm³/mol. The van der Waals surface area contributed by atoms with Crippen LogP contribution >= 0.6 is 0 Å². The lowest BCUT2D eigenvalue weighted by Crippen LogP contribution is -2.26. The minimum Gasteiger partial charge on any atom is -0.479 e. The van der Waals surface area contributed by atoms with E-state index in [-0.39, 0.29) is 12.5 Å². The molecule has 0 saturated carbocycles. The van der Waals surface area contributed by atoms with Gasteiger partial charge in [-0.15, -0.1) is 0 Å². The molecule has 1 atom stereocenters. The Hall–Kier alpha value is -3.66. The zero-order chi connectivity index (χ0) is 20.8. The molecular formula is C22H21N3O4. The van der Waals surface area contributed by atoms with Crippen LogP contribution in [0.3, 0.4) is 0 Å². The average molecular weight is 391 g/mol. The van der Waals surface area contributed by atoms with Crippen molar-refractivity contribution in [3.63, 3.8) is 0 Å². The van der Waals surface area contributed by atoms with E-state index in [0.29, 0.717) is 23.1 Å². The first-order valence-corrected chi connectivity index (χ1v) is 9.22. The van der Waals surface area contributed by atoms with Gasteiger partial charge >= 0.3 is 5.97 Å². The van der Waals surface area contributed by atoms with Crippen LogP contribution in [-0.2, 0) is 16.1 Å². The van der Waals surface area contributed by atoms with Gasteiger partial charge in [-0.25, -0.2) is 4.79 Å². The molecule has 148 valence electrons. The number of hydrogen-bond donors (Lipinski definition) is 0. The Labute approximate surface area is 168 Å². The molecule has 0 fully saturated rings. The van der Waals surface area contributed by atoms with E-state index < -0.39 is 12.1 Å². The maximum atomic E-state index is 12.1. The summed E-state index contributed by atoms with van der Waals surface area (Å²) >= 11 is 0. The first-order valence-electron chi connectivity index (χ1n) is 9.22. The van der Waals surface area contributed by atoms with Crippen molar-refractivity contribution >= 4 is 5.97 Å². The third-order valence-corrected chi connectivity index (χ3v) is 4.27. The van der Waals surface area contributed by atoms with Gasteiger partial charge < -0.3 is 14.0 Å². The van der Waals surface area contributed by atoms with Gasteiger partial charge in [-0.2, -0.15) is 10.2 Å². The summed E-state index contributed by atoms with van der Waals surface area (Å²) in [6, 6.07) is 16.4. The lowest BCUT2D eigenvalue weighted by Gasteiger charge is -2.13. The van der Waals surface area contributed by atoms with Gasteiger partial charge in [0.15, 0.2) is 12.7 Å². The fraction of sp³-hybridized carbons (Fsp3) is 0.273. The highest BCUT2D eigenvalue weighted by Gasteiger charge is 2.18. The van der Waals surface area contributed by atoms with Crippen LogP contribution in [-0.4, -0.2) is 22.2 Å². The number of carbonyl (C=O) groups excluding carboxylic acids is 1. The highest BCUT2D eigenvalue weighted by molar-refractivity contribution is 5.74. The maximum absolute atomic E-state index is 12.1. The summed E-state index contributed by atoms with van der Waals surface area (Å²) in [4.78, 5) is 16.4. The Morgan fingerprint density at radius 2 is 1.79 bits per heavy atom. The molecule has 0 aliphatic heterocycles. The first-order chi connectivity index (χ1) is 14.0. The van der Waals surface area contributed by atoms with Crippen molar-refractivity contribution in [3.8, 4) is 23.2 Å². The normalized spacial score (nSPS) is 11.7. The second-order valence-corrected chi connectivity index (χ2v) is 6.79. The Kier molecular flexibility index (Phi) is 6.25. The Bertz CT molecular complexity index is 1000. The highest BCUT2D eigenvalue weighted by atomic mass is 16.6. The molecule has 0 amide bonds. The maximum Gasteiger partial charge on any atom is 0.347 e. The third kappa shape index (κ3) is 5.20. The van der Waals surface area contributed by atoms with Crippen molar-refractivity contribution < 1.29 is 18.8 Å². The Morgan fingerprint density at radius 3 is 2.41 bits per heavy atom. The van der Waals surface area contributed by atoms with Crippen LogP contribution in [0.15, 0.2) is 53.1 Å². The average Bonchev–Trinajstić information content (AvgIpc) is 3.21. The van der Waals surface area contributed by atoms with Gasteiger partial charge in [-0.3, -0.25) is 0 Å². The van der Waals surface area contributed by atoms with Crippen molar-refractivity contribution in [3.05, 3.63) is 65.5 Å². The summed E-state index contributed by atoms with van der Waals surface area (Å²) in [6.07, 6.45) is -0.825. The number of carbonyl (C=O) groups is 1. The summed E-state index contributed by atoms with van der Waals surface area (Å²) in [6.45, 7) is 5.69. The quantitative estimate of drug-likeness (QED) is 0.555. The fourth-order valence-corrected chi connectivity index (χ4v) is 2.56. The number of rotatable bonds is 7. The van der Waals surface area contributed by atoms with E-state index in [1.54, 1.807) is 31.2 Å². The van der Waals surface area contributed by atoms with Gasteiger partial charge in [-0.05, 0) is 42.7 Å². The molecule has 3 aromatic rings. The van der Waals surface area contributed by atoms with Crippen molar-refractivity contribution in [2.24, 2.45) is 0 Å². The number of nitrogens with zero attached hydrogens (tertiary/aromatic N) is 3. The van der Waals surface area contributed by atoms with Crippen LogP contribution in [0, 0.1) is 11.3 Å². The van der Waals surface area contributed by atoms with Crippen LogP contribution in [0.5, 0.6) is 5.75 Å². The summed E-state index contributed by atoms with van der Waals surface area (Å²) in [5, 5.41) is 12.7. The Balaban J connectivity index is 1.54. The van der Waals surface area contributed by atoms with Gasteiger partial charge in [0.2, 0.25) is 5.82 Å². The predicted octanol–water partition coefficient (Wildman–Crippen LogP) is 4.24. The van der Waals surface area contributed by atoms with Crippen LogP contribution in [0.4, 0.5) is 0 Å². The number of ether oxygens (including phenoxy) is 2. The second kappa shape index (κ2) is 9.02. The molecule has 1 unspecified atom stereocenters. The minimum atomic E-state index is -0.825. The summed E-state index contributed by atoms with van der Waals surface area (Å²) < 4.78 is 15.9. The molecule has 0 aliphatic carbocycles. The van der Waals surface area contributed by atoms with Gasteiger partial charge in [-0.1, -0.05) is 43.3 Å². The van der Waals surface area contributed by atoms with E-state index in [9.17, 15) is 4.79 Å². The molecule has 0 spiro atoms. The number of benzene rings is 2. The third-order valence-electron chi connectivity index (χ3n) is 4.27. The monoisotopic (exact) mass is 391 g/mol. The minimum absolute atomic E-state index is 0.142. The van der Waals surface area contributed by atoms with Gasteiger partial charge in [0.1, 0.15) is 5.75 Å². The molecule has 0 radical (unpaired) electrons. The van der Waals surface area contributed by atoms with E-state index in [0.717, 1.165) is 5.56 Å². The van der Waals surface area contributed by atoms with Crippen LogP contribution < -0.4 is 4.74 Å². The van der Waals surface area contributed by atoms with Crippen molar-refractivity contribution in [2.45, 2.75) is 39.4 Å². The zero-order valence-corrected chi connectivity index (χ0v) is 16.5. The molecule has 0 N–H and O–H groups in total. The lowest BCUT2D eigenvalue weighted by atomic mass is 10.0. The van der Waals surface area contributed by atoms with E-state index in [1.807, 2.05) is 30.3 Å². The van der Waals surface area contributed by atoms with Crippen molar-refractivity contribution in [1.82, 2.24) is 10.1 Å². The lowest BCUT2D eigenvalue weighted by molar-refractivity contribution is -0.153. The number of esters is 1. The van der Waals surface area contributed by atoms with Crippen molar-refractivity contribution in [2.75, 3.05) is 0 Å². The van der Waals surface area contributed by atoms with E-state index >= 15 is 0 Å². The molecule has 7 nitrogen and oxygen atoms in total. The van der Waals surface area contributed by atoms with Gasteiger partial charge in [0, 0.05) is 5.56 Å². The summed E-state index contributed by atoms with van der Waals surface area (Å²) in [5.41, 5.74) is 2.56. The van der Waals surface area contributed by atoms with Crippen molar-refractivity contribution in [1.29, 1.82) is 5.26 Å². The smallest absolute Gasteiger partial charge is 0.347 e. The summed E-state index contributed by atoms with van der Waals surface area (Å²) in [5.74, 6) is 0.992. The number of nitriles is 1. The topological polar surface area (TPSA) is 98.2 Å². The fourth-order valence-electron chi connectivity index (χ4n) is 2.56.